The first-order valence-corrected chi connectivity index (χ1v) is 4.49. The molecule has 3 nitrogen and oxygen atoms in total. The third-order valence-corrected chi connectivity index (χ3v) is 2.25. The lowest BCUT2D eigenvalue weighted by Crippen LogP contribution is -2.50. The van der Waals surface area contributed by atoms with Crippen LogP contribution in [-0.2, 0) is 5.67 Å². The summed E-state index contributed by atoms with van der Waals surface area (Å²) in [4.78, 5) is 8.91. The van der Waals surface area contributed by atoms with E-state index in [1.165, 1.54) is 0 Å². The molecular formula is C9H4F7NO2. The molecule has 0 bridgehead atoms. The molecule has 0 fully saturated rings. The van der Waals surface area contributed by atoms with Crippen LogP contribution in [0, 0.1) is 10.1 Å². The summed E-state index contributed by atoms with van der Waals surface area (Å²) in [5.74, 6) is 0. The van der Waals surface area contributed by atoms with Crippen molar-refractivity contribution in [1.82, 2.24) is 0 Å². The Bertz CT molecular complexity index is 480. The van der Waals surface area contributed by atoms with Crippen LogP contribution in [0.1, 0.15) is 5.56 Å². The predicted octanol–water partition coefficient (Wildman–Crippen LogP) is 3.88. The normalized spacial score (nSPS) is 13.4. The molecule has 10 heteroatoms. The van der Waals surface area contributed by atoms with E-state index in [0.29, 0.717) is 12.1 Å². The van der Waals surface area contributed by atoms with Gasteiger partial charge in [-0.1, -0.05) is 12.1 Å². The summed E-state index contributed by atoms with van der Waals surface area (Å²) in [6.07, 6.45) is -12.8. The van der Waals surface area contributed by atoms with Crippen LogP contribution in [-0.4, -0.2) is 17.3 Å². The summed E-state index contributed by atoms with van der Waals surface area (Å²) in [5, 5.41) is 10.4. The van der Waals surface area contributed by atoms with Crippen molar-refractivity contribution in [2.24, 2.45) is 0 Å². The second-order valence-electron chi connectivity index (χ2n) is 3.43. The van der Waals surface area contributed by atoms with E-state index in [-0.39, 0.29) is 6.07 Å². The van der Waals surface area contributed by atoms with Crippen LogP contribution in [0.5, 0.6) is 0 Å². The highest BCUT2D eigenvalue weighted by Gasteiger charge is 2.75. The summed E-state index contributed by atoms with van der Waals surface area (Å²) >= 11 is 0. The first-order valence-electron chi connectivity index (χ1n) is 4.49. The van der Waals surface area contributed by atoms with Crippen LogP contribution in [0.4, 0.5) is 36.4 Å². The molecular weight excluding hydrogens is 287 g/mol. The van der Waals surface area contributed by atoms with Crippen molar-refractivity contribution < 1.29 is 35.7 Å². The fourth-order valence-corrected chi connectivity index (χ4v) is 1.39. The van der Waals surface area contributed by atoms with Crippen molar-refractivity contribution in [2.45, 2.75) is 18.0 Å². The first kappa shape index (κ1) is 15.2. The van der Waals surface area contributed by atoms with Crippen molar-refractivity contribution in [3.8, 4) is 0 Å². The van der Waals surface area contributed by atoms with Gasteiger partial charge in [0.05, 0.1) is 10.5 Å². The van der Waals surface area contributed by atoms with Crippen molar-refractivity contribution in [2.75, 3.05) is 0 Å². The molecule has 0 radical (unpaired) electrons. The maximum Gasteiger partial charge on any atom is 0.436 e. The Morgan fingerprint density at radius 3 is 1.68 bits per heavy atom. The van der Waals surface area contributed by atoms with Gasteiger partial charge in [0.15, 0.2) is 0 Å². The summed E-state index contributed by atoms with van der Waals surface area (Å²) < 4.78 is 88.1. The SMILES string of the molecule is O=[N+]([O-])c1ccccc1C(F)(C(F)(F)F)C(F)(F)F. The molecule has 19 heavy (non-hydrogen) atoms. The van der Waals surface area contributed by atoms with E-state index in [4.69, 9.17) is 0 Å². The number of hydrogen-bond donors (Lipinski definition) is 0. The highest BCUT2D eigenvalue weighted by Crippen LogP contribution is 2.55. The van der Waals surface area contributed by atoms with E-state index in [9.17, 15) is 40.8 Å². The highest BCUT2D eigenvalue weighted by molar-refractivity contribution is 5.45. The van der Waals surface area contributed by atoms with Gasteiger partial charge < -0.3 is 0 Å². The van der Waals surface area contributed by atoms with Crippen molar-refractivity contribution >= 4 is 5.69 Å². The van der Waals surface area contributed by atoms with E-state index < -0.39 is 34.2 Å². The van der Waals surface area contributed by atoms with Gasteiger partial charge in [-0.2, -0.15) is 26.3 Å². The van der Waals surface area contributed by atoms with Crippen LogP contribution in [0.3, 0.4) is 0 Å². The predicted molar refractivity (Wildman–Crippen MR) is 48.0 cm³/mol. The zero-order chi connectivity index (χ0) is 15.1. The Labute approximate surface area is 100 Å². The number of nitro benzene ring substituents is 1. The fraction of sp³-hybridized carbons (Fsp3) is 0.333. The Balaban J connectivity index is 3.67. The van der Waals surface area contributed by atoms with Crippen molar-refractivity contribution in [3.63, 3.8) is 0 Å². The average Bonchev–Trinajstić information content (AvgIpc) is 2.24. The van der Waals surface area contributed by atoms with Gasteiger partial charge in [-0.25, -0.2) is 4.39 Å². The van der Waals surface area contributed by atoms with Crippen molar-refractivity contribution in [3.05, 3.63) is 39.9 Å². The molecule has 106 valence electrons. The number of benzene rings is 1. The van der Waals surface area contributed by atoms with Crippen molar-refractivity contribution in [1.29, 1.82) is 0 Å². The lowest BCUT2D eigenvalue weighted by molar-refractivity contribution is -0.394. The lowest BCUT2D eigenvalue weighted by atomic mass is 9.92. The molecule has 0 unspecified atom stereocenters. The smallest absolute Gasteiger partial charge is 0.258 e. The van der Waals surface area contributed by atoms with E-state index in [2.05, 4.69) is 0 Å². The maximum atomic E-state index is 13.6. The van der Waals surface area contributed by atoms with E-state index >= 15 is 0 Å². The summed E-state index contributed by atoms with van der Waals surface area (Å²) in [6.45, 7) is 0. The first-order chi connectivity index (χ1) is 8.43. The topological polar surface area (TPSA) is 43.1 Å². The summed E-state index contributed by atoms with van der Waals surface area (Å²) in [5.41, 5.74) is -9.50. The Morgan fingerprint density at radius 1 is 0.895 bits per heavy atom. The zero-order valence-electron chi connectivity index (χ0n) is 8.72. The number of hydrogen-bond acceptors (Lipinski definition) is 2. The molecule has 0 saturated carbocycles. The fourth-order valence-electron chi connectivity index (χ4n) is 1.39. The number of para-hydroxylation sites is 1. The van der Waals surface area contributed by atoms with E-state index in [1.807, 2.05) is 0 Å². The molecule has 1 aromatic rings. The van der Waals surface area contributed by atoms with Gasteiger partial charge in [0.2, 0.25) is 0 Å². The Hall–Kier alpha value is -1.87. The molecule has 0 saturated heterocycles. The van der Waals surface area contributed by atoms with Gasteiger partial charge >= 0.3 is 18.0 Å². The van der Waals surface area contributed by atoms with Gasteiger partial charge in [0, 0.05) is 6.07 Å². The molecule has 0 spiro atoms. The van der Waals surface area contributed by atoms with E-state index in [0.717, 1.165) is 6.07 Å². The highest BCUT2D eigenvalue weighted by atomic mass is 19.4. The molecule has 0 atom stereocenters. The number of halogens is 7. The second-order valence-corrected chi connectivity index (χ2v) is 3.43. The Kier molecular flexibility index (Phi) is 3.48. The molecule has 1 aromatic carbocycles. The van der Waals surface area contributed by atoms with Gasteiger partial charge in [0.25, 0.3) is 5.69 Å². The molecule has 0 aromatic heterocycles. The number of nitrogens with zero attached hydrogens (tertiary/aromatic N) is 1. The third kappa shape index (κ3) is 2.34. The maximum absolute atomic E-state index is 13.6. The van der Waals surface area contributed by atoms with Crippen LogP contribution in [0.2, 0.25) is 0 Å². The molecule has 0 aliphatic heterocycles. The second kappa shape index (κ2) is 4.35. The minimum Gasteiger partial charge on any atom is -0.258 e. The lowest BCUT2D eigenvalue weighted by Gasteiger charge is -2.29. The van der Waals surface area contributed by atoms with Crippen LogP contribution in [0.15, 0.2) is 24.3 Å². The summed E-state index contributed by atoms with van der Waals surface area (Å²) in [6, 6.07) is 1.92. The number of nitro groups is 1. The largest absolute Gasteiger partial charge is 0.436 e. The Morgan fingerprint density at radius 2 is 1.32 bits per heavy atom. The quantitative estimate of drug-likeness (QED) is 0.471. The number of rotatable bonds is 2. The number of alkyl halides is 7. The standard InChI is InChI=1S/C9H4F7NO2/c10-7(8(11,12)13,9(14,15)16)5-3-1-2-4-6(5)17(18)19/h1-4H. The molecule has 0 N–H and O–H groups in total. The van der Waals surface area contributed by atoms with Crippen LogP contribution < -0.4 is 0 Å². The third-order valence-electron chi connectivity index (χ3n) is 2.25. The van der Waals surface area contributed by atoms with Crippen LogP contribution in [0.25, 0.3) is 0 Å². The molecule has 0 heterocycles. The minimum absolute atomic E-state index is 0.0825. The monoisotopic (exact) mass is 291 g/mol. The van der Waals surface area contributed by atoms with Gasteiger partial charge in [-0.15, -0.1) is 0 Å². The van der Waals surface area contributed by atoms with Gasteiger partial charge in [-0.3, -0.25) is 10.1 Å². The molecule has 0 amide bonds. The van der Waals surface area contributed by atoms with Gasteiger partial charge in [0.1, 0.15) is 0 Å². The summed E-state index contributed by atoms with van der Waals surface area (Å²) in [7, 11) is 0. The van der Waals surface area contributed by atoms with Crippen LogP contribution >= 0.6 is 0 Å². The minimum atomic E-state index is -6.38. The van der Waals surface area contributed by atoms with Gasteiger partial charge in [-0.05, 0) is 6.07 Å². The molecule has 1 rings (SSSR count). The zero-order valence-corrected chi connectivity index (χ0v) is 8.72. The average molecular weight is 291 g/mol. The van der Waals surface area contributed by atoms with E-state index in [1.54, 1.807) is 0 Å². The molecule has 0 aliphatic rings. The molecule has 0 aliphatic carbocycles.